The van der Waals surface area contributed by atoms with Crippen LogP contribution in [0.4, 0.5) is 0 Å². The lowest BCUT2D eigenvalue weighted by Gasteiger charge is -2.07. The van der Waals surface area contributed by atoms with Crippen LogP contribution in [0, 0.1) is 11.8 Å². The monoisotopic (exact) mass is 218 g/mol. The van der Waals surface area contributed by atoms with Crippen molar-refractivity contribution < 1.29 is 4.79 Å². The van der Waals surface area contributed by atoms with Crippen LogP contribution in [0.5, 0.6) is 0 Å². The molecule has 0 saturated heterocycles. The molecule has 2 atom stereocenters. The van der Waals surface area contributed by atoms with E-state index in [0.717, 1.165) is 36.8 Å². The van der Waals surface area contributed by atoms with Gasteiger partial charge in [-0.1, -0.05) is 25.0 Å². The maximum atomic E-state index is 12.4. The van der Waals surface area contributed by atoms with E-state index in [0.29, 0.717) is 17.6 Å². The third-order valence-corrected chi connectivity index (χ3v) is 4.63. The van der Waals surface area contributed by atoms with Crippen LogP contribution < -0.4 is 0 Å². The van der Waals surface area contributed by atoms with Gasteiger partial charge in [0.25, 0.3) is 0 Å². The molecule has 1 nitrogen and oxygen atoms in total. The van der Waals surface area contributed by atoms with Gasteiger partial charge in [-0.25, -0.2) is 0 Å². The Labute approximate surface area is 98.6 Å². The number of carbonyl (C=O) groups excluding carboxylic acids is 1. The van der Waals surface area contributed by atoms with Gasteiger partial charge in [-0.15, -0.1) is 0 Å². The van der Waals surface area contributed by atoms with Gasteiger partial charge in [0, 0.05) is 0 Å². The summed E-state index contributed by atoms with van der Waals surface area (Å²) in [6.45, 7) is 8.74. The fraction of sp³-hybridized carbons (Fsp3) is 0.667. The third kappa shape index (κ3) is 1.77. The van der Waals surface area contributed by atoms with Crippen LogP contribution >= 0.6 is 0 Å². The average Bonchev–Trinajstić information content (AvgIpc) is 2.74. The standard InChI is InChI=1S/C15H22O/c1-9-5-7-13(11(9)3)15(16)14-8-6-10(2)12(14)4/h9-10H,5-8H2,1-4H3. The molecule has 1 heteroatoms. The zero-order chi connectivity index (χ0) is 11.9. The van der Waals surface area contributed by atoms with Gasteiger partial charge < -0.3 is 0 Å². The molecule has 16 heavy (non-hydrogen) atoms. The summed E-state index contributed by atoms with van der Waals surface area (Å²) < 4.78 is 0. The molecule has 0 aromatic heterocycles. The Morgan fingerprint density at radius 2 is 1.31 bits per heavy atom. The Morgan fingerprint density at radius 1 is 0.938 bits per heavy atom. The molecular weight excluding hydrogens is 196 g/mol. The Kier molecular flexibility index (Phi) is 3.05. The normalized spacial score (nSPS) is 30.5. The maximum Gasteiger partial charge on any atom is 0.184 e. The SMILES string of the molecule is CC1=C(C(=O)C2=C(C)C(C)CC2)CCC1C. The molecule has 0 spiro atoms. The predicted molar refractivity (Wildman–Crippen MR) is 67.2 cm³/mol. The summed E-state index contributed by atoms with van der Waals surface area (Å²) in [4.78, 5) is 12.4. The third-order valence-electron chi connectivity index (χ3n) is 4.63. The van der Waals surface area contributed by atoms with Gasteiger partial charge >= 0.3 is 0 Å². The van der Waals surface area contributed by atoms with Crippen molar-refractivity contribution >= 4 is 5.78 Å². The molecule has 2 aliphatic carbocycles. The van der Waals surface area contributed by atoms with Crippen molar-refractivity contribution in [3.8, 4) is 0 Å². The second-order valence-electron chi connectivity index (χ2n) is 5.53. The number of rotatable bonds is 2. The molecule has 0 saturated carbocycles. The highest BCUT2D eigenvalue weighted by Crippen LogP contribution is 2.38. The van der Waals surface area contributed by atoms with Gasteiger partial charge in [-0.2, -0.15) is 0 Å². The summed E-state index contributed by atoms with van der Waals surface area (Å²) >= 11 is 0. The molecule has 0 heterocycles. The summed E-state index contributed by atoms with van der Waals surface area (Å²) in [5, 5.41) is 0. The van der Waals surface area contributed by atoms with E-state index >= 15 is 0 Å². The molecule has 0 N–H and O–H groups in total. The topological polar surface area (TPSA) is 17.1 Å². The van der Waals surface area contributed by atoms with Crippen molar-refractivity contribution in [1.82, 2.24) is 0 Å². The van der Waals surface area contributed by atoms with E-state index in [1.165, 1.54) is 11.1 Å². The number of hydrogen-bond donors (Lipinski definition) is 0. The average molecular weight is 218 g/mol. The molecule has 0 bridgehead atoms. The first-order valence-corrected chi connectivity index (χ1v) is 6.46. The van der Waals surface area contributed by atoms with Crippen LogP contribution in [0.2, 0.25) is 0 Å². The lowest BCUT2D eigenvalue weighted by Crippen LogP contribution is -2.06. The number of hydrogen-bond acceptors (Lipinski definition) is 1. The highest BCUT2D eigenvalue weighted by atomic mass is 16.1. The molecule has 88 valence electrons. The van der Waals surface area contributed by atoms with Gasteiger partial charge in [0.15, 0.2) is 5.78 Å². The van der Waals surface area contributed by atoms with E-state index in [4.69, 9.17) is 0 Å². The van der Waals surface area contributed by atoms with Gasteiger partial charge in [0.05, 0.1) is 0 Å². The van der Waals surface area contributed by atoms with Crippen molar-refractivity contribution in [3.63, 3.8) is 0 Å². The first-order valence-electron chi connectivity index (χ1n) is 6.46. The van der Waals surface area contributed by atoms with E-state index in [1.807, 2.05) is 0 Å². The van der Waals surface area contributed by atoms with E-state index in [2.05, 4.69) is 27.7 Å². The Hall–Kier alpha value is -0.850. The molecule has 0 amide bonds. The van der Waals surface area contributed by atoms with E-state index < -0.39 is 0 Å². The maximum absolute atomic E-state index is 12.4. The van der Waals surface area contributed by atoms with Gasteiger partial charge in [0.1, 0.15) is 0 Å². The van der Waals surface area contributed by atoms with Gasteiger partial charge in [-0.3, -0.25) is 4.79 Å². The largest absolute Gasteiger partial charge is 0.289 e. The number of carbonyl (C=O) groups is 1. The number of allylic oxidation sites excluding steroid dienone is 4. The minimum atomic E-state index is 0.365. The smallest absolute Gasteiger partial charge is 0.184 e. The summed E-state index contributed by atoms with van der Waals surface area (Å²) in [5.41, 5.74) is 4.92. The molecule has 0 aliphatic heterocycles. The van der Waals surface area contributed by atoms with Gasteiger partial charge in [-0.05, 0) is 62.5 Å². The molecule has 2 rings (SSSR count). The molecular formula is C15H22O. The van der Waals surface area contributed by atoms with E-state index in [-0.39, 0.29) is 0 Å². The lowest BCUT2D eigenvalue weighted by atomic mass is 9.96. The van der Waals surface area contributed by atoms with E-state index in [1.54, 1.807) is 0 Å². The Morgan fingerprint density at radius 3 is 1.56 bits per heavy atom. The highest BCUT2D eigenvalue weighted by Gasteiger charge is 2.29. The quantitative estimate of drug-likeness (QED) is 0.683. The van der Waals surface area contributed by atoms with Crippen molar-refractivity contribution in [2.45, 2.75) is 53.4 Å². The van der Waals surface area contributed by atoms with Crippen molar-refractivity contribution in [3.05, 3.63) is 22.3 Å². The minimum absolute atomic E-state index is 0.365. The Bertz CT molecular complexity index is 348. The Balaban J connectivity index is 2.28. The molecule has 2 aliphatic rings. The van der Waals surface area contributed by atoms with Crippen LogP contribution in [0.3, 0.4) is 0 Å². The second-order valence-corrected chi connectivity index (χ2v) is 5.53. The zero-order valence-corrected chi connectivity index (χ0v) is 10.9. The van der Waals surface area contributed by atoms with Crippen molar-refractivity contribution in [1.29, 1.82) is 0 Å². The van der Waals surface area contributed by atoms with Crippen LogP contribution in [0.1, 0.15) is 53.4 Å². The van der Waals surface area contributed by atoms with Gasteiger partial charge in [0.2, 0.25) is 0 Å². The predicted octanol–water partition coefficient (Wildman–Crippen LogP) is 4.05. The summed E-state index contributed by atoms with van der Waals surface area (Å²) in [6, 6.07) is 0. The number of ketones is 1. The number of Topliss-reactive ketones (excluding diaryl/α,β-unsaturated/α-hetero) is 1. The van der Waals surface area contributed by atoms with Crippen LogP contribution in [-0.4, -0.2) is 5.78 Å². The molecule has 2 unspecified atom stereocenters. The van der Waals surface area contributed by atoms with E-state index in [9.17, 15) is 4.79 Å². The van der Waals surface area contributed by atoms with Crippen LogP contribution in [-0.2, 0) is 4.79 Å². The molecule has 0 aromatic rings. The fourth-order valence-electron chi connectivity index (χ4n) is 2.91. The highest BCUT2D eigenvalue weighted by molar-refractivity contribution is 6.09. The second kappa shape index (κ2) is 4.20. The first kappa shape index (κ1) is 11.6. The van der Waals surface area contributed by atoms with Crippen LogP contribution in [0.15, 0.2) is 22.3 Å². The van der Waals surface area contributed by atoms with Crippen molar-refractivity contribution in [2.75, 3.05) is 0 Å². The summed E-state index contributed by atoms with van der Waals surface area (Å²) in [5.74, 6) is 1.58. The minimum Gasteiger partial charge on any atom is -0.289 e. The van der Waals surface area contributed by atoms with Crippen molar-refractivity contribution in [2.24, 2.45) is 11.8 Å². The first-order chi connectivity index (χ1) is 7.52. The summed E-state index contributed by atoms with van der Waals surface area (Å²) in [7, 11) is 0. The fourth-order valence-corrected chi connectivity index (χ4v) is 2.91. The molecule has 0 fully saturated rings. The lowest BCUT2D eigenvalue weighted by molar-refractivity contribution is -0.112. The van der Waals surface area contributed by atoms with Crippen LogP contribution in [0.25, 0.3) is 0 Å². The molecule has 0 radical (unpaired) electrons. The molecule has 0 aromatic carbocycles. The summed E-state index contributed by atoms with van der Waals surface area (Å²) in [6.07, 6.45) is 4.32. The zero-order valence-electron chi connectivity index (χ0n) is 10.9.